The molecule has 24 heavy (non-hydrogen) atoms. The SMILES string of the molecule is O=C(c1ccccc1NCc1cccc(F)c1)N1CCCC1CO. The highest BCUT2D eigenvalue weighted by atomic mass is 19.1. The van der Waals surface area contributed by atoms with Crippen LogP contribution in [0.15, 0.2) is 48.5 Å². The van der Waals surface area contributed by atoms with Crippen molar-refractivity contribution in [2.45, 2.75) is 25.4 Å². The lowest BCUT2D eigenvalue weighted by Crippen LogP contribution is -2.37. The van der Waals surface area contributed by atoms with Crippen LogP contribution in [-0.2, 0) is 6.54 Å². The predicted octanol–water partition coefficient (Wildman–Crippen LogP) is 3.03. The molecule has 1 fully saturated rings. The van der Waals surface area contributed by atoms with E-state index in [4.69, 9.17) is 0 Å². The summed E-state index contributed by atoms with van der Waals surface area (Å²) >= 11 is 0. The smallest absolute Gasteiger partial charge is 0.256 e. The Bertz CT molecular complexity index is 720. The Morgan fingerprint density at radius 2 is 2.08 bits per heavy atom. The van der Waals surface area contributed by atoms with Crippen LogP contribution < -0.4 is 5.32 Å². The monoisotopic (exact) mass is 328 g/mol. The summed E-state index contributed by atoms with van der Waals surface area (Å²) in [6, 6.07) is 13.6. The molecule has 0 aromatic heterocycles. The molecular weight excluding hydrogens is 307 g/mol. The van der Waals surface area contributed by atoms with Gasteiger partial charge in [0.1, 0.15) is 5.82 Å². The normalized spacial score (nSPS) is 17.1. The standard InChI is InChI=1S/C19H21FN2O2/c20-15-6-3-5-14(11-15)12-21-18-9-2-1-8-17(18)19(24)22-10-4-7-16(22)13-23/h1-3,5-6,8-9,11,16,21,23H,4,7,10,12-13H2. The fourth-order valence-electron chi connectivity index (χ4n) is 3.12. The molecule has 1 heterocycles. The van der Waals surface area contributed by atoms with Crippen molar-refractivity contribution in [3.05, 3.63) is 65.5 Å². The Labute approximate surface area is 140 Å². The number of anilines is 1. The molecule has 126 valence electrons. The lowest BCUT2D eigenvalue weighted by Gasteiger charge is -2.24. The van der Waals surface area contributed by atoms with Crippen LogP contribution in [0.5, 0.6) is 0 Å². The summed E-state index contributed by atoms with van der Waals surface area (Å²) in [7, 11) is 0. The molecule has 2 aromatic rings. The molecule has 5 heteroatoms. The van der Waals surface area contributed by atoms with Gasteiger partial charge in [-0.3, -0.25) is 4.79 Å². The number of halogens is 1. The van der Waals surface area contributed by atoms with Crippen LogP contribution in [0.25, 0.3) is 0 Å². The van der Waals surface area contributed by atoms with E-state index in [-0.39, 0.29) is 24.4 Å². The van der Waals surface area contributed by atoms with E-state index in [9.17, 15) is 14.3 Å². The molecule has 0 spiro atoms. The molecule has 0 bridgehead atoms. The maximum absolute atomic E-state index is 13.3. The van der Waals surface area contributed by atoms with Crippen molar-refractivity contribution in [1.29, 1.82) is 0 Å². The zero-order chi connectivity index (χ0) is 16.9. The van der Waals surface area contributed by atoms with Crippen LogP contribution in [-0.4, -0.2) is 35.1 Å². The Balaban J connectivity index is 1.76. The van der Waals surface area contributed by atoms with E-state index < -0.39 is 0 Å². The highest BCUT2D eigenvalue weighted by molar-refractivity contribution is 5.99. The molecule has 3 rings (SSSR count). The fourth-order valence-corrected chi connectivity index (χ4v) is 3.12. The Kier molecular flexibility index (Phi) is 5.11. The Morgan fingerprint density at radius 1 is 1.25 bits per heavy atom. The summed E-state index contributed by atoms with van der Waals surface area (Å²) in [5, 5.41) is 12.7. The summed E-state index contributed by atoms with van der Waals surface area (Å²) in [4.78, 5) is 14.6. The molecule has 4 nitrogen and oxygen atoms in total. The van der Waals surface area contributed by atoms with Gasteiger partial charge in [-0.2, -0.15) is 0 Å². The van der Waals surface area contributed by atoms with E-state index in [1.54, 1.807) is 17.0 Å². The van der Waals surface area contributed by atoms with Crippen LogP contribution in [0.1, 0.15) is 28.8 Å². The number of aliphatic hydroxyl groups excluding tert-OH is 1. The number of carbonyl (C=O) groups excluding carboxylic acids is 1. The molecule has 1 atom stereocenters. The number of nitrogens with zero attached hydrogens (tertiary/aromatic N) is 1. The van der Waals surface area contributed by atoms with Crippen molar-refractivity contribution < 1.29 is 14.3 Å². The number of likely N-dealkylation sites (tertiary alicyclic amines) is 1. The fraction of sp³-hybridized carbons (Fsp3) is 0.316. The number of aliphatic hydroxyl groups is 1. The van der Waals surface area contributed by atoms with Gasteiger partial charge in [0.25, 0.3) is 5.91 Å². The maximum atomic E-state index is 13.3. The summed E-state index contributed by atoms with van der Waals surface area (Å²) in [5.74, 6) is -0.351. The van der Waals surface area contributed by atoms with Gasteiger partial charge in [-0.05, 0) is 42.7 Å². The van der Waals surface area contributed by atoms with Gasteiger partial charge in [0.2, 0.25) is 0 Å². The van der Waals surface area contributed by atoms with Gasteiger partial charge in [-0.15, -0.1) is 0 Å². The third-order valence-electron chi connectivity index (χ3n) is 4.38. The van der Waals surface area contributed by atoms with Gasteiger partial charge in [-0.25, -0.2) is 4.39 Å². The second-order valence-corrected chi connectivity index (χ2v) is 6.01. The predicted molar refractivity (Wildman–Crippen MR) is 91.3 cm³/mol. The first kappa shape index (κ1) is 16.5. The van der Waals surface area contributed by atoms with Crippen molar-refractivity contribution >= 4 is 11.6 Å². The zero-order valence-corrected chi connectivity index (χ0v) is 13.4. The first-order valence-corrected chi connectivity index (χ1v) is 8.18. The van der Waals surface area contributed by atoms with Crippen molar-refractivity contribution in [1.82, 2.24) is 4.90 Å². The molecule has 1 aliphatic rings. The molecule has 0 aliphatic carbocycles. The van der Waals surface area contributed by atoms with Crippen molar-refractivity contribution in [2.24, 2.45) is 0 Å². The van der Waals surface area contributed by atoms with E-state index in [0.29, 0.717) is 18.7 Å². The highest BCUT2D eigenvalue weighted by Crippen LogP contribution is 2.24. The molecule has 1 unspecified atom stereocenters. The van der Waals surface area contributed by atoms with E-state index in [1.807, 2.05) is 24.3 Å². The highest BCUT2D eigenvalue weighted by Gasteiger charge is 2.29. The molecule has 2 N–H and O–H groups in total. The summed E-state index contributed by atoms with van der Waals surface area (Å²) in [6.45, 7) is 1.10. The van der Waals surface area contributed by atoms with Crippen LogP contribution in [0, 0.1) is 5.82 Å². The number of hydrogen-bond donors (Lipinski definition) is 2. The van der Waals surface area contributed by atoms with Gasteiger partial charge in [0.05, 0.1) is 18.2 Å². The van der Waals surface area contributed by atoms with Crippen LogP contribution in [0.4, 0.5) is 10.1 Å². The third-order valence-corrected chi connectivity index (χ3v) is 4.38. The van der Waals surface area contributed by atoms with Gasteiger partial charge in [0.15, 0.2) is 0 Å². The first-order chi connectivity index (χ1) is 11.7. The second kappa shape index (κ2) is 7.45. The number of carbonyl (C=O) groups is 1. The number of nitrogens with one attached hydrogen (secondary N) is 1. The summed E-state index contributed by atoms with van der Waals surface area (Å²) in [5.41, 5.74) is 2.11. The van der Waals surface area contributed by atoms with Crippen molar-refractivity contribution in [2.75, 3.05) is 18.5 Å². The number of hydrogen-bond acceptors (Lipinski definition) is 3. The lowest BCUT2D eigenvalue weighted by molar-refractivity contribution is 0.0678. The molecule has 1 amide bonds. The topological polar surface area (TPSA) is 52.6 Å². The van der Waals surface area contributed by atoms with Crippen molar-refractivity contribution in [3.63, 3.8) is 0 Å². The van der Waals surface area contributed by atoms with E-state index >= 15 is 0 Å². The molecule has 0 radical (unpaired) electrons. The van der Waals surface area contributed by atoms with Gasteiger partial charge in [0, 0.05) is 18.8 Å². The molecular formula is C19H21FN2O2. The average molecular weight is 328 g/mol. The van der Waals surface area contributed by atoms with Crippen molar-refractivity contribution in [3.8, 4) is 0 Å². The van der Waals surface area contributed by atoms with Gasteiger partial charge < -0.3 is 15.3 Å². The quantitative estimate of drug-likeness (QED) is 0.887. The van der Waals surface area contributed by atoms with Gasteiger partial charge in [-0.1, -0.05) is 24.3 Å². The third kappa shape index (κ3) is 3.57. The lowest BCUT2D eigenvalue weighted by atomic mass is 10.1. The second-order valence-electron chi connectivity index (χ2n) is 6.01. The van der Waals surface area contributed by atoms with E-state index in [1.165, 1.54) is 12.1 Å². The Hall–Kier alpha value is -2.40. The minimum absolute atomic E-state index is 0.00930. The number of rotatable bonds is 5. The van der Waals surface area contributed by atoms with Crippen LogP contribution in [0.3, 0.4) is 0 Å². The largest absolute Gasteiger partial charge is 0.394 e. The molecule has 2 aromatic carbocycles. The van der Waals surface area contributed by atoms with E-state index in [0.717, 1.165) is 24.1 Å². The number of para-hydroxylation sites is 1. The molecule has 1 aliphatic heterocycles. The van der Waals surface area contributed by atoms with E-state index in [2.05, 4.69) is 5.32 Å². The Morgan fingerprint density at radius 3 is 2.88 bits per heavy atom. The maximum Gasteiger partial charge on any atom is 0.256 e. The number of amides is 1. The average Bonchev–Trinajstić information content (AvgIpc) is 3.08. The molecule has 0 saturated carbocycles. The zero-order valence-electron chi connectivity index (χ0n) is 13.4. The van der Waals surface area contributed by atoms with Crippen LogP contribution in [0.2, 0.25) is 0 Å². The van der Waals surface area contributed by atoms with Crippen LogP contribution >= 0.6 is 0 Å². The minimum Gasteiger partial charge on any atom is -0.394 e. The first-order valence-electron chi connectivity index (χ1n) is 8.18. The number of benzene rings is 2. The minimum atomic E-state index is -0.276. The van der Waals surface area contributed by atoms with Gasteiger partial charge >= 0.3 is 0 Å². The summed E-state index contributed by atoms with van der Waals surface area (Å²) in [6.07, 6.45) is 1.75. The molecule has 1 saturated heterocycles. The summed E-state index contributed by atoms with van der Waals surface area (Å²) < 4.78 is 13.3.